The van der Waals surface area contributed by atoms with Gasteiger partial charge in [0.2, 0.25) is 11.6 Å². The average molecular weight is 603 g/mol. The molecule has 3 aromatic rings. The number of hydrogen-bond acceptors (Lipinski definition) is 3. The minimum Gasteiger partial charge on any atom is -0.490 e. The van der Waals surface area contributed by atoms with Gasteiger partial charge in [0.1, 0.15) is 0 Å². The first-order chi connectivity index (χ1) is 20.7. The van der Waals surface area contributed by atoms with Crippen LogP contribution in [-0.2, 0) is 6.42 Å². The fourth-order valence-electron chi connectivity index (χ4n) is 5.02. The molecule has 3 aromatic carbocycles. The van der Waals surface area contributed by atoms with Crippen molar-refractivity contribution in [2.45, 2.75) is 64.7 Å². The summed E-state index contributed by atoms with van der Waals surface area (Å²) < 4.78 is 98.4. The number of ether oxygens (including phenoxy) is 2. The maximum Gasteiger partial charge on any atom is 0.346 e. The standard InChI is InChI=1S/C34H32F6O3/c1-3-5-7-8-22-13-14-23(29(36)28(22)35)20-9-11-21(12-10-20)24-15-18-27(33(40)30(24)37)43-34(41)25-16-17-26(32(39)31(25)38)42-19-6-4-2/h3,5,11,13-18,20H,4,6-10,12,19H2,1-2H3. The molecular weight excluding hydrogens is 570 g/mol. The van der Waals surface area contributed by atoms with Gasteiger partial charge in [-0.05, 0) is 92.3 Å². The van der Waals surface area contributed by atoms with Crippen molar-refractivity contribution in [2.75, 3.05) is 6.61 Å². The predicted octanol–water partition coefficient (Wildman–Crippen LogP) is 9.78. The number of benzene rings is 3. The molecule has 0 saturated carbocycles. The molecule has 0 saturated heterocycles. The monoisotopic (exact) mass is 602 g/mol. The summed E-state index contributed by atoms with van der Waals surface area (Å²) in [5, 5.41) is 0. The Morgan fingerprint density at radius 1 is 0.884 bits per heavy atom. The summed E-state index contributed by atoms with van der Waals surface area (Å²) in [7, 11) is 0. The quantitative estimate of drug-likeness (QED) is 0.0721. The minimum atomic E-state index is -1.53. The van der Waals surface area contributed by atoms with Crippen LogP contribution in [0.4, 0.5) is 26.3 Å². The van der Waals surface area contributed by atoms with Gasteiger partial charge >= 0.3 is 5.97 Å². The molecule has 1 aliphatic rings. The summed E-state index contributed by atoms with van der Waals surface area (Å²) in [6.45, 7) is 3.91. The molecule has 9 heteroatoms. The predicted molar refractivity (Wildman–Crippen MR) is 152 cm³/mol. The van der Waals surface area contributed by atoms with E-state index in [2.05, 4.69) is 0 Å². The van der Waals surface area contributed by atoms with E-state index in [9.17, 15) is 26.7 Å². The van der Waals surface area contributed by atoms with E-state index >= 15 is 4.39 Å². The van der Waals surface area contributed by atoms with Gasteiger partial charge in [0.05, 0.1) is 12.2 Å². The molecule has 0 radical (unpaired) electrons. The van der Waals surface area contributed by atoms with Gasteiger partial charge in [-0.2, -0.15) is 8.78 Å². The minimum absolute atomic E-state index is 0.0764. The van der Waals surface area contributed by atoms with Crippen molar-refractivity contribution < 1.29 is 40.6 Å². The molecule has 3 nitrogen and oxygen atoms in total. The number of unbranched alkanes of at least 4 members (excludes halogenated alkanes) is 1. The Morgan fingerprint density at radius 2 is 1.63 bits per heavy atom. The Bertz CT molecular complexity index is 1550. The summed E-state index contributed by atoms with van der Waals surface area (Å²) >= 11 is 0. The van der Waals surface area contributed by atoms with Crippen LogP contribution in [0.3, 0.4) is 0 Å². The third-order valence-electron chi connectivity index (χ3n) is 7.48. The molecule has 1 unspecified atom stereocenters. The smallest absolute Gasteiger partial charge is 0.346 e. The summed E-state index contributed by atoms with van der Waals surface area (Å²) in [4.78, 5) is 12.5. The zero-order valence-corrected chi connectivity index (χ0v) is 23.9. The van der Waals surface area contributed by atoms with Crippen molar-refractivity contribution >= 4 is 11.5 Å². The number of halogens is 6. The maximum absolute atomic E-state index is 15.1. The highest BCUT2D eigenvalue weighted by Crippen LogP contribution is 2.39. The second kappa shape index (κ2) is 14.4. The molecule has 43 heavy (non-hydrogen) atoms. The molecule has 1 aliphatic carbocycles. The summed E-state index contributed by atoms with van der Waals surface area (Å²) in [5.74, 6) is -10.4. The van der Waals surface area contributed by atoms with Crippen LogP contribution in [0.1, 0.15) is 85.3 Å². The number of carbonyl (C=O) groups excluding carboxylic acids is 1. The zero-order valence-electron chi connectivity index (χ0n) is 23.9. The van der Waals surface area contributed by atoms with Crippen LogP contribution in [0.15, 0.2) is 54.6 Å². The number of aryl methyl sites for hydroxylation is 1. The highest BCUT2D eigenvalue weighted by Gasteiger charge is 2.27. The van der Waals surface area contributed by atoms with Crippen LogP contribution < -0.4 is 9.47 Å². The third-order valence-corrected chi connectivity index (χ3v) is 7.48. The Balaban J connectivity index is 1.46. The first kappa shape index (κ1) is 31.9. The van der Waals surface area contributed by atoms with Crippen molar-refractivity contribution in [3.05, 3.63) is 112 Å². The van der Waals surface area contributed by atoms with E-state index in [0.717, 1.165) is 24.6 Å². The number of esters is 1. The van der Waals surface area contributed by atoms with E-state index in [-0.39, 0.29) is 42.2 Å². The lowest BCUT2D eigenvalue weighted by molar-refractivity contribution is 0.0720. The first-order valence-corrected chi connectivity index (χ1v) is 14.3. The highest BCUT2D eigenvalue weighted by molar-refractivity contribution is 5.91. The zero-order chi connectivity index (χ0) is 31.1. The number of allylic oxidation sites excluding steroid dienone is 4. The third kappa shape index (κ3) is 7.14. The summed E-state index contributed by atoms with van der Waals surface area (Å²) in [6.07, 6.45) is 8.67. The van der Waals surface area contributed by atoms with Crippen molar-refractivity contribution in [3.8, 4) is 11.5 Å². The second-order valence-electron chi connectivity index (χ2n) is 10.3. The summed E-state index contributed by atoms with van der Waals surface area (Å²) in [6, 6.07) is 7.41. The summed E-state index contributed by atoms with van der Waals surface area (Å²) in [5.41, 5.74) is 0.111. The van der Waals surface area contributed by atoms with Crippen molar-refractivity contribution in [1.82, 2.24) is 0 Å². The van der Waals surface area contributed by atoms with Gasteiger partial charge in [-0.25, -0.2) is 22.4 Å². The molecule has 0 bridgehead atoms. The van der Waals surface area contributed by atoms with Gasteiger partial charge in [0.15, 0.2) is 34.8 Å². The Morgan fingerprint density at radius 3 is 2.33 bits per heavy atom. The molecule has 0 spiro atoms. The van der Waals surface area contributed by atoms with Crippen LogP contribution >= 0.6 is 0 Å². The lowest BCUT2D eigenvalue weighted by Crippen LogP contribution is -2.14. The second-order valence-corrected chi connectivity index (χ2v) is 10.3. The molecule has 0 heterocycles. The molecule has 4 rings (SSSR count). The van der Waals surface area contributed by atoms with Crippen LogP contribution in [0.5, 0.6) is 11.5 Å². The van der Waals surface area contributed by atoms with Crippen LogP contribution in [-0.4, -0.2) is 12.6 Å². The van der Waals surface area contributed by atoms with Crippen molar-refractivity contribution in [1.29, 1.82) is 0 Å². The van der Waals surface area contributed by atoms with E-state index in [1.807, 2.05) is 26.0 Å². The Labute approximate surface area is 246 Å². The van der Waals surface area contributed by atoms with E-state index in [1.165, 1.54) is 6.07 Å². The largest absolute Gasteiger partial charge is 0.490 e. The molecule has 0 aromatic heterocycles. The van der Waals surface area contributed by atoms with Crippen LogP contribution in [0, 0.1) is 34.9 Å². The molecule has 0 amide bonds. The SMILES string of the molecule is CC=CCCc1ccc(C2CC=C(c3ccc(OC(=O)c4ccc(OCCCC)c(F)c4F)c(F)c3F)CC2)c(F)c1F. The van der Waals surface area contributed by atoms with Gasteiger partial charge in [-0.3, -0.25) is 0 Å². The normalized spacial score (nSPS) is 15.1. The molecule has 0 aliphatic heterocycles. The maximum atomic E-state index is 15.1. The Kier molecular flexibility index (Phi) is 10.7. The van der Waals surface area contributed by atoms with Crippen molar-refractivity contribution in [3.63, 3.8) is 0 Å². The number of rotatable bonds is 11. The molecule has 1 atom stereocenters. The van der Waals surface area contributed by atoms with E-state index < -0.39 is 52.2 Å². The topological polar surface area (TPSA) is 35.5 Å². The van der Waals surface area contributed by atoms with Gasteiger partial charge in [-0.15, -0.1) is 0 Å². The fraction of sp³-hybridized carbons (Fsp3) is 0.324. The van der Waals surface area contributed by atoms with Gasteiger partial charge in [-0.1, -0.05) is 43.7 Å². The van der Waals surface area contributed by atoms with Gasteiger partial charge in [0, 0.05) is 5.56 Å². The highest BCUT2D eigenvalue weighted by atomic mass is 19.2. The van der Waals surface area contributed by atoms with E-state index in [1.54, 1.807) is 18.2 Å². The molecular formula is C34H32F6O3. The number of carbonyl (C=O) groups is 1. The van der Waals surface area contributed by atoms with Crippen LogP contribution in [0.25, 0.3) is 5.57 Å². The van der Waals surface area contributed by atoms with Gasteiger partial charge < -0.3 is 9.47 Å². The molecule has 0 N–H and O–H groups in total. The van der Waals surface area contributed by atoms with E-state index in [0.29, 0.717) is 36.8 Å². The lowest BCUT2D eigenvalue weighted by Gasteiger charge is -2.24. The molecule has 0 fully saturated rings. The van der Waals surface area contributed by atoms with Crippen molar-refractivity contribution in [2.24, 2.45) is 0 Å². The van der Waals surface area contributed by atoms with Crippen LogP contribution in [0.2, 0.25) is 0 Å². The fourth-order valence-corrected chi connectivity index (χ4v) is 5.02. The van der Waals surface area contributed by atoms with E-state index in [4.69, 9.17) is 9.47 Å². The molecule has 228 valence electrons. The number of hydrogen-bond donors (Lipinski definition) is 0. The Hall–Kier alpha value is -4.01. The lowest BCUT2D eigenvalue weighted by atomic mass is 9.82. The van der Waals surface area contributed by atoms with Gasteiger partial charge in [0.25, 0.3) is 0 Å². The first-order valence-electron chi connectivity index (χ1n) is 14.3. The average Bonchev–Trinajstić information content (AvgIpc) is 3.00.